The fourth-order valence-electron chi connectivity index (χ4n) is 3.98. The van der Waals surface area contributed by atoms with Crippen molar-refractivity contribution in [3.63, 3.8) is 0 Å². The van der Waals surface area contributed by atoms with Crippen molar-refractivity contribution in [1.82, 2.24) is 15.1 Å². The summed E-state index contributed by atoms with van der Waals surface area (Å²) in [5.41, 5.74) is -0.725. The van der Waals surface area contributed by atoms with Gasteiger partial charge in [0.25, 0.3) is 0 Å². The number of ether oxygens (including phenoxy) is 1. The van der Waals surface area contributed by atoms with Gasteiger partial charge in [0, 0.05) is 18.0 Å². The maximum Gasteiger partial charge on any atom is 0.407 e. The minimum atomic E-state index is -5.24. The Morgan fingerprint density at radius 3 is 1.94 bits per heavy atom. The van der Waals surface area contributed by atoms with Gasteiger partial charge < -0.3 is 10.1 Å². The molecule has 1 N–H and O–H groups in total. The van der Waals surface area contributed by atoms with Crippen LogP contribution in [0.15, 0.2) is 0 Å². The summed E-state index contributed by atoms with van der Waals surface area (Å²) in [6.45, 7) is 5.10. The molecule has 1 aliphatic carbocycles. The number of alkyl halides is 6. The van der Waals surface area contributed by atoms with Crippen LogP contribution in [0.2, 0.25) is 0 Å². The molecule has 0 aromatic rings. The fourth-order valence-corrected chi connectivity index (χ4v) is 3.98. The molecule has 0 spiro atoms. The number of piperazine rings is 1. The van der Waals surface area contributed by atoms with Gasteiger partial charge in [-0.1, -0.05) is 0 Å². The van der Waals surface area contributed by atoms with E-state index >= 15 is 0 Å². The molecule has 1 saturated carbocycles. The average molecular weight is 461 g/mol. The molecule has 0 aromatic carbocycles. The number of amides is 2. The minimum absolute atomic E-state index is 0.0169. The Morgan fingerprint density at radius 1 is 0.968 bits per heavy atom. The van der Waals surface area contributed by atoms with Gasteiger partial charge in [-0.2, -0.15) is 31.2 Å². The Hall–Kier alpha value is -1.72. The highest BCUT2D eigenvalue weighted by atomic mass is 19.3. The molecule has 0 unspecified atom stereocenters. The summed E-state index contributed by atoms with van der Waals surface area (Å²) in [4.78, 5) is 22.9. The van der Waals surface area contributed by atoms with Gasteiger partial charge in [0.05, 0.1) is 0 Å². The first-order valence-electron chi connectivity index (χ1n) is 10.1. The monoisotopic (exact) mass is 461 g/mol. The van der Waals surface area contributed by atoms with Crippen LogP contribution in [-0.2, 0) is 9.53 Å². The number of hydrogen-bond acceptors (Lipinski definition) is 4. The zero-order valence-electron chi connectivity index (χ0n) is 18.2. The van der Waals surface area contributed by atoms with E-state index < -0.39 is 70.1 Å². The number of carbonyl (C=O) groups excluding carboxylic acids is 2. The van der Waals surface area contributed by atoms with E-state index in [1.54, 1.807) is 20.8 Å². The highest BCUT2D eigenvalue weighted by molar-refractivity contribution is 5.80. The van der Waals surface area contributed by atoms with E-state index in [4.69, 9.17) is 4.74 Å². The van der Waals surface area contributed by atoms with Crippen LogP contribution < -0.4 is 5.32 Å². The van der Waals surface area contributed by atoms with Crippen molar-refractivity contribution in [2.24, 2.45) is 5.92 Å². The molecule has 0 atom stereocenters. The van der Waals surface area contributed by atoms with Crippen LogP contribution in [0.1, 0.15) is 60.3 Å². The number of halogens is 6. The van der Waals surface area contributed by atoms with Gasteiger partial charge in [0.15, 0.2) is 0 Å². The summed E-state index contributed by atoms with van der Waals surface area (Å²) < 4.78 is 91.5. The van der Waals surface area contributed by atoms with Crippen molar-refractivity contribution in [3.8, 4) is 0 Å². The van der Waals surface area contributed by atoms with E-state index in [0.29, 0.717) is 0 Å². The molecular formula is C19H29F6N3O3. The highest BCUT2D eigenvalue weighted by Gasteiger charge is 2.75. The van der Waals surface area contributed by atoms with Gasteiger partial charge in [-0.05, 0) is 60.3 Å². The topological polar surface area (TPSA) is 61.9 Å². The summed E-state index contributed by atoms with van der Waals surface area (Å²) >= 11 is 0. The quantitative estimate of drug-likeness (QED) is 0.500. The predicted octanol–water partition coefficient (Wildman–Crippen LogP) is 4.40. The zero-order chi connectivity index (χ0) is 24.0. The maximum atomic E-state index is 14.5. The highest BCUT2D eigenvalue weighted by Crippen LogP contribution is 2.50. The summed E-state index contributed by atoms with van der Waals surface area (Å²) in [6.07, 6.45) is -0.328. The van der Waals surface area contributed by atoms with Crippen molar-refractivity contribution in [2.75, 3.05) is 6.54 Å². The number of hydrogen-bond donors (Lipinski definition) is 1. The molecule has 1 heterocycles. The molecule has 0 radical (unpaired) electrons. The van der Waals surface area contributed by atoms with Crippen LogP contribution in [-0.4, -0.2) is 64.2 Å². The van der Waals surface area contributed by atoms with Crippen molar-refractivity contribution in [1.29, 1.82) is 0 Å². The third kappa shape index (κ3) is 5.20. The molecule has 1 saturated heterocycles. The first kappa shape index (κ1) is 25.5. The molecule has 0 aromatic heterocycles. The van der Waals surface area contributed by atoms with Crippen molar-refractivity contribution in [3.05, 3.63) is 0 Å². The lowest BCUT2D eigenvalue weighted by Crippen LogP contribution is -2.76. The summed E-state index contributed by atoms with van der Waals surface area (Å²) in [6, 6.07) is -16.7. The molecule has 2 rings (SSSR count). The zero-order valence-corrected chi connectivity index (χ0v) is 18.2. The summed E-state index contributed by atoms with van der Waals surface area (Å²) in [5.74, 6) is -2.57. The lowest BCUT2D eigenvalue weighted by Gasteiger charge is -2.51. The third-order valence-corrected chi connectivity index (χ3v) is 5.28. The number of nitrogens with zero attached hydrogens (tertiary/aromatic N) is 2. The number of nitrogens with one attached hydrogen (secondary N) is 1. The van der Waals surface area contributed by atoms with E-state index in [1.165, 1.54) is 0 Å². The van der Waals surface area contributed by atoms with E-state index in [2.05, 4.69) is 5.32 Å². The van der Waals surface area contributed by atoms with Crippen LogP contribution in [0.4, 0.5) is 31.1 Å². The Balaban J connectivity index is 2.08. The van der Waals surface area contributed by atoms with Gasteiger partial charge in [-0.15, -0.1) is 0 Å². The van der Waals surface area contributed by atoms with Crippen LogP contribution in [0, 0.1) is 5.92 Å². The summed E-state index contributed by atoms with van der Waals surface area (Å²) in [7, 11) is 0. The van der Waals surface area contributed by atoms with Gasteiger partial charge in [-0.25, -0.2) is 4.79 Å². The first-order valence-corrected chi connectivity index (χ1v) is 10.1. The second-order valence-electron chi connectivity index (χ2n) is 9.33. The normalized spacial score (nSPS) is 28.3. The van der Waals surface area contributed by atoms with Crippen molar-refractivity contribution < 1.29 is 40.7 Å². The molecule has 180 valence electrons. The number of rotatable bonds is 3. The largest absolute Gasteiger partial charge is 0.444 e. The fraction of sp³-hybridized carbons (Fsp3) is 0.895. The number of carbonyl (C=O) groups is 2. The van der Waals surface area contributed by atoms with Crippen LogP contribution in [0.3, 0.4) is 0 Å². The Kier molecular flexibility index (Phi) is 6.86. The molecule has 2 aliphatic rings. The smallest absolute Gasteiger partial charge is 0.407 e. The molecular weight excluding hydrogens is 432 g/mol. The Bertz CT molecular complexity index is 688. The second-order valence-corrected chi connectivity index (χ2v) is 9.33. The molecule has 2 amide bonds. The van der Waals surface area contributed by atoms with Crippen LogP contribution in [0.5, 0.6) is 0 Å². The standard InChI is InChI=1S/C19H29F6N3O3/c1-11(2)28-17(20,21)10-27(18(22,23)19(28,24)25)14(29)12-6-8-13(9-7-12)26-15(30)31-16(3,4)5/h11-13H,6-10H2,1-5H3,(H,26,30). The molecule has 0 bridgehead atoms. The third-order valence-electron chi connectivity index (χ3n) is 5.28. The lowest BCUT2D eigenvalue weighted by molar-refractivity contribution is -0.423. The lowest BCUT2D eigenvalue weighted by atomic mass is 9.85. The Labute approximate surface area is 177 Å². The molecule has 31 heavy (non-hydrogen) atoms. The maximum absolute atomic E-state index is 14.5. The van der Waals surface area contributed by atoms with Gasteiger partial charge >= 0.3 is 24.2 Å². The second kappa shape index (κ2) is 8.32. The molecule has 12 heteroatoms. The minimum Gasteiger partial charge on any atom is -0.444 e. The van der Waals surface area contributed by atoms with Crippen LogP contribution >= 0.6 is 0 Å². The summed E-state index contributed by atoms with van der Waals surface area (Å²) in [5, 5.41) is 2.59. The van der Waals surface area contributed by atoms with Crippen LogP contribution in [0.25, 0.3) is 0 Å². The van der Waals surface area contributed by atoms with E-state index in [9.17, 15) is 35.9 Å². The van der Waals surface area contributed by atoms with E-state index in [0.717, 1.165) is 13.8 Å². The van der Waals surface area contributed by atoms with Crippen molar-refractivity contribution >= 4 is 12.0 Å². The molecule has 1 aliphatic heterocycles. The van der Waals surface area contributed by atoms with E-state index in [1.807, 2.05) is 0 Å². The molecule has 6 nitrogen and oxygen atoms in total. The average Bonchev–Trinajstić information content (AvgIpc) is 2.56. The van der Waals surface area contributed by atoms with E-state index in [-0.39, 0.29) is 25.7 Å². The van der Waals surface area contributed by atoms with Gasteiger partial charge in [0.1, 0.15) is 12.1 Å². The van der Waals surface area contributed by atoms with Crippen molar-refractivity contribution in [2.45, 2.75) is 96.1 Å². The first-order chi connectivity index (χ1) is 13.9. The van der Waals surface area contributed by atoms with Gasteiger partial charge in [0.2, 0.25) is 5.91 Å². The SMILES string of the molecule is CC(C)N1C(F)(F)CN(C(=O)C2CCC(NC(=O)OC(C)(C)C)CC2)C(F)(F)C1(F)F. The van der Waals surface area contributed by atoms with Gasteiger partial charge in [-0.3, -0.25) is 9.69 Å². The molecule has 2 fully saturated rings. The predicted molar refractivity (Wildman–Crippen MR) is 98.6 cm³/mol. The number of alkyl carbamates (subject to hydrolysis) is 1. The Morgan fingerprint density at radius 2 is 1.48 bits per heavy atom.